The number of nitrogens with zero attached hydrogens (tertiary/aromatic N) is 1. The van der Waals surface area contributed by atoms with Crippen LogP contribution in [0.25, 0.3) is 0 Å². The van der Waals surface area contributed by atoms with Crippen molar-refractivity contribution in [3.05, 3.63) is 59.4 Å². The first kappa shape index (κ1) is 18.4. The number of quaternary nitrogens is 1. The van der Waals surface area contributed by atoms with Crippen molar-refractivity contribution in [2.24, 2.45) is 10.7 Å². The molecule has 26 heavy (non-hydrogen) atoms. The Bertz CT molecular complexity index is 874. The number of rotatable bonds is 4. The van der Waals surface area contributed by atoms with Gasteiger partial charge in [0.15, 0.2) is 10.9 Å². The fourth-order valence-electron chi connectivity index (χ4n) is 2.86. The number of amidine groups is 1. The first-order valence-electron chi connectivity index (χ1n) is 8.09. The number of nitrogens with two attached hydrogens (primary N) is 2. The number of hydrogen-bond acceptors (Lipinski definition) is 5. The van der Waals surface area contributed by atoms with Gasteiger partial charge in [-0.25, -0.2) is 9.60 Å². The lowest BCUT2D eigenvalue weighted by atomic mass is 9.89. The van der Waals surface area contributed by atoms with Crippen LogP contribution in [0.1, 0.15) is 29.3 Å². The molecule has 1 aliphatic rings. The molecule has 0 saturated carbocycles. The maximum atomic E-state index is 14.3. The molecule has 1 atom stereocenters. The van der Waals surface area contributed by atoms with Crippen LogP contribution < -0.4 is 16.5 Å². The summed E-state index contributed by atoms with van der Waals surface area (Å²) in [6.45, 7) is 1.94. The Balaban J connectivity index is 1.91. The zero-order valence-corrected chi connectivity index (χ0v) is 15.0. The quantitative estimate of drug-likeness (QED) is 0.486. The fourth-order valence-corrected chi connectivity index (χ4v) is 3.83. The van der Waals surface area contributed by atoms with Crippen LogP contribution in [0.3, 0.4) is 0 Å². The van der Waals surface area contributed by atoms with Crippen LogP contribution in [-0.4, -0.2) is 22.0 Å². The minimum atomic E-state index is -0.556. The summed E-state index contributed by atoms with van der Waals surface area (Å²) in [5.41, 5.74) is 7.59. The van der Waals surface area contributed by atoms with Crippen LogP contribution in [0.2, 0.25) is 0 Å². The van der Waals surface area contributed by atoms with Crippen molar-refractivity contribution in [3.63, 3.8) is 0 Å². The average Bonchev–Trinajstić information content (AvgIpc) is 2.63. The minimum Gasteiger partial charge on any atom is -0.379 e. The number of nitrogens with one attached hydrogen (secondary N) is 1. The van der Waals surface area contributed by atoms with Gasteiger partial charge in [0.1, 0.15) is 11.4 Å². The third kappa shape index (κ3) is 3.72. The largest absolute Gasteiger partial charge is 0.379 e. The molecule has 8 heteroatoms. The van der Waals surface area contributed by atoms with Gasteiger partial charge >= 0.3 is 0 Å². The van der Waals surface area contributed by atoms with E-state index in [0.717, 1.165) is 23.2 Å². The molecule has 0 aliphatic carbocycles. The smallest absolute Gasteiger partial charge is 0.261 e. The molecule has 3 rings (SSSR count). The number of hydrogen-bond donors (Lipinski definition) is 4. The molecule has 6 nitrogen and oxygen atoms in total. The van der Waals surface area contributed by atoms with Gasteiger partial charge in [-0.2, -0.15) is 5.48 Å². The molecule has 136 valence electrons. The molecule has 0 fully saturated rings. The number of benzene rings is 2. The first-order valence-corrected chi connectivity index (χ1v) is 9.07. The van der Waals surface area contributed by atoms with Crippen molar-refractivity contribution in [3.8, 4) is 0 Å². The van der Waals surface area contributed by atoms with Crippen molar-refractivity contribution in [2.75, 3.05) is 11.1 Å². The predicted molar refractivity (Wildman–Crippen MR) is 100 cm³/mol. The molecular formula is C18H20FN4O2S+. The van der Waals surface area contributed by atoms with Gasteiger partial charge in [-0.15, -0.1) is 0 Å². The molecule has 1 amide bonds. The van der Waals surface area contributed by atoms with E-state index in [1.54, 1.807) is 36.4 Å². The summed E-state index contributed by atoms with van der Waals surface area (Å²) >= 11 is 1.49. The van der Waals surface area contributed by atoms with Crippen LogP contribution in [0.5, 0.6) is 0 Å². The van der Waals surface area contributed by atoms with Gasteiger partial charge in [0.2, 0.25) is 0 Å². The number of carbonyl (C=O) groups is 1. The molecule has 2 aromatic rings. The van der Waals surface area contributed by atoms with Gasteiger partial charge < -0.3 is 11.1 Å². The second-order valence-electron chi connectivity index (χ2n) is 6.19. The molecule has 0 saturated heterocycles. The van der Waals surface area contributed by atoms with Crippen LogP contribution >= 0.6 is 11.8 Å². The van der Waals surface area contributed by atoms with Crippen LogP contribution in [-0.2, 0) is 5.54 Å². The number of aliphatic imine (C=N–C) groups is 1. The highest BCUT2D eigenvalue weighted by molar-refractivity contribution is 8.13. The number of amides is 1. The van der Waals surface area contributed by atoms with E-state index in [1.165, 1.54) is 17.8 Å². The second kappa shape index (κ2) is 7.45. The minimum absolute atomic E-state index is 0.0634. The van der Waals surface area contributed by atoms with Crippen molar-refractivity contribution >= 4 is 34.2 Å². The molecule has 2 aromatic carbocycles. The highest BCUT2D eigenvalue weighted by atomic mass is 32.2. The Kier molecular flexibility index (Phi) is 5.26. The summed E-state index contributed by atoms with van der Waals surface area (Å²) < 4.78 is 14.3. The summed E-state index contributed by atoms with van der Waals surface area (Å²) in [4.78, 5) is 17.0. The molecular weight excluding hydrogens is 355 g/mol. The van der Waals surface area contributed by atoms with E-state index in [4.69, 9.17) is 5.73 Å². The molecule has 0 radical (unpaired) electrons. The van der Waals surface area contributed by atoms with Gasteiger partial charge in [0.25, 0.3) is 5.91 Å². The van der Waals surface area contributed by atoms with Crippen molar-refractivity contribution in [1.82, 2.24) is 0 Å². The fraction of sp³-hybridized carbons (Fsp3) is 0.222. The van der Waals surface area contributed by atoms with E-state index in [1.807, 2.05) is 6.92 Å². The van der Waals surface area contributed by atoms with E-state index < -0.39 is 17.3 Å². The molecule has 6 N–H and O–H groups in total. The Morgan fingerprint density at radius 2 is 2.15 bits per heavy atom. The Morgan fingerprint density at radius 1 is 1.38 bits per heavy atom. The van der Waals surface area contributed by atoms with E-state index in [9.17, 15) is 14.4 Å². The van der Waals surface area contributed by atoms with Gasteiger partial charge in [-0.3, -0.25) is 9.79 Å². The van der Waals surface area contributed by atoms with Crippen molar-refractivity contribution in [2.45, 2.75) is 18.9 Å². The van der Waals surface area contributed by atoms with E-state index in [2.05, 4.69) is 10.3 Å². The highest BCUT2D eigenvalue weighted by Crippen LogP contribution is 2.36. The molecule has 0 aromatic heterocycles. The topological polar surface area (TPSA) is 104 Å². The van der Waals surface area contributed by atoms with Gasteiger partial charge in [0, 0.05) is 11.8 Å². The predicted octanol–water partition coefficient (Wildman–Crippen LogP) is 2.33. The number of anilines is 1. The SMILES string of the molecule is CC1(c2ccc(F)c(NC(=O)c3ccccc3[NH2+]O)c2)CCSC(N)=N1. The average molecular weight is 375 g/mol. The summed E-state index contributed by atoms with van der Waals surface area (Å²) in [5.74, 6) is -0.224. The highest BCUT2D eigenvalue weighted by Gasteiger charge is 2.30. The maximum absolute atomic E-state index is 14.3. The molecule has 0 spiro atoms. The summed E-state index contributed by atoms with van der Waals surface area (Å²) in [5, 5.41) is 12.3. The standard InChI is InChI=1S/C18H19FN4O2S/c1-18(8-9-26-17(20)22-18)11-6-7-13(19)15(10-11)21-16(24)12-4-2-3-5-14(12)23-25/h2-7,10,23,25H,8-9H2,1H3,(H2,20,22)(H,21,24)/p+1. The molecule has 1 aliphatic heterocycles. The lowest BCUT2D eigenvalue weighted by Crippen LogP contribution is -2.74. The monoisotopic (exact) mass is 375 g/mol. The van der Waals surface area contributed by atoms with Gasteiger partial charge in [-0.05, 0) is 37.1 Å². The van der Waals surface area contributed by atoms with Gasteiger partial charge in [0.05, 0.1) is 11.2 Å². The zero-order chi connectivity index (χ0) is 18.7. The lowest BCUT2D eigenvalue weighted by molar-refractivity contribution is -0.825. The molecule has 1 unspecified atom stereocenters. The number of para-hydroxylation sites is 1. The third-order valence-corrected chi connectivity index (χ3v) is 5.17. The van der Waals surface area contributed by atoms with Gasteiger partial charge in [-0.1, -0.05) is 30.0 Å². The Labute approximate surface area is 154 Å². The summed E-state index contributed by atoms with van der Waals surface area (Å²) in [6.07, 6.45) is 0.764. The normalized spacial score (nSPS) is 19.7. The lowest BCUT2D eigenvalue weighted by Gasteiger charge is -2.30. The van der Waals surface area contributed by atoms with Crippen molar-refractivity contribution in [1.29, 1.82) is 0 Å². The van der Waals surface area contributed by atoms with E-state index in [0.29, 0.717) is 10.9 Å². The second-order valence-corrected chi connectivity index (χ2v) is 7.30. The van der Waals surface area contributed by atoms with Crippen LogP contribution in [0.15, 0.2) is 47.5 Å². The first-order chi connectivity index (χ1) is 12.4. The Morgan fingerprint density at radius 3 is 2.88 bits per heavy atom. The summed E-state index contributed by atoms with van der Waals surface area (Å²) in [7, 11) is 0. The maximum Gasteiger partial charge on any atom is 0.261 e. The molecule has 1 heterocycles. The third-order valence-electron chi connectivity index (χ3n) is 4.38. The van der Waals surface area contributed by atoms with Crippen molar-refractivity contribution < 1.29 is 19.9 Å². The summed E-state index contributed by atoms with van der Waals surface area (Å²) in [6, 6.07) is 11.1. The van der Waals surface area contributed by atoms with Crippen LogP contribution in [0.4, 0.5) is 15.8 Å². The number of thioether (sulfide) groups is 1. The van der Waals surface area contributed by atoms with Crippen LogP contribution in [0, 0.1) is 5.82 Å². The number of halogens is 1. The van der Waals surface area contributed by atoms with E-state index in [-0.39, 0.29) is 11.3 Å². The Hall–Kier alpha value is -2.42. The zero-order valence-electron chi connectivity index (χ0n) is 14.2. The van der Waals surface area contributed by atoms with E-state index >= 15 is 0 Å². The molecule has 0 bridgehead atoms. The number of carbonyl (C=O) groups excluding carboxylic acids is 1.